The van der Waals surface area contributed by atoms with E-state index in [1.54, 1.807) is 11.3 Å². The van der Waals surface area contributed by atoms with Gasteiger partial charge in [0.2, 0.25) is 0 Å². The summed E-state index contributed by atoms with van der Waals surface area (Å²) in [5.74, 6) is 0.558. The van der Waals surface area contributed by atoms with E-state index in [0.717, 1.165) is 6.42 Å². The Kier molecular flexibility index (Phi) is 7.02. The van der Waals surface area contributed by atoms with Crippen molar-refractivity contribution in [3.8, 4) is 0 Å². The molecule has 0 aromatic carbocycles. The van der Waals surface area contributed by atoms with Crippen molar-refractivity contribution in [2.45, 2.75) is 46.2 Å². The molecule has 0 fully saturated rings. The lowest BCUT2D eigenvalue weighted by Crippen LogP contribution is -2.45. The summed E-state index contributed by atoms with van der Waals surface area (Å²) in [6, 6.07) is 3.88. The molecule has 20 heavy (non-hydrogen) atoms. The van der Waals surface area contributed by atoms with E-state index in [-0.39, 0.29) is 30.6 Å². The minimum atomic E-state index is -0.170. The second-order valence-corrected chi connectivity index (χ2v) is 6.74. The number of amides is 2. The fourth-order valence-electron chi connectivity index (χ4n) is 1.91. The Morgan fingerprint density at radius 1 is 1.30 bits per heavy atom. The van der Waals surface area contributed by atoms with Gasteiger partial charge in [-0.3, -0.25) is 0 Å². The molecule has 3 atom stereocenters. The van der Waals surface area contributed by atoms with Crippen molar-refractivity contribution in [2.75, 3.05) is 6.61 Å². The molecule has 0 saturated carbocycles. The summed E-state index contributed by atoms with van der Waals surface area (Å²) >= 11 is 1.66. The van der Waals surface area contributed by atoms with Gasteiger partial charge in [0.05, 0.1) is 6.04 Å². The van der Waals surface area contributed by atoms with Gasteiger partial charge in [-0.05, 0) is 36.6 Å². The maximum Gasteiger partial charge on any atom is 0.315 e. The van der Waals surface area contributed by atoms with Crippen molar-refractivity contribution < 1.29 is 9.90 Å². The van der Waals surface area contributed by atoms with E-state index in [4.69, 9.17) is 5.11 Å². The molecule has 1 heterocycles. The summed E-state index contributed by atoms with van der Waals surface area (Å²) in [6.45, 7) is 8.19. The lowest BCUT2D eigenvalue weighted by molar-refractivity contribution is 0.198. The van der Waals surface area contributed by atoms with Crippen LogP contribution >= 0.6 is 11.3 Å². The van der Waals surface area contributed by atoms with Crippen LogP contribution in [0.5, 0.6) is 0 Å². The van der Waals surface area contributed by atoms with E-state index in [2.05, 4.69) is 30.5 Å². The highest BCUT2D eigenvalue weighted by Crippen LogP contribution is 2.25. The van der Waals surface area contributed by atoms with Crippen LogP contribution in [0.25, 0.3) is 0 Å². The minimum absolute atomic E-state index is 0.0473. The highest BCUT2D eigenvalue weighted by atomic mass is 32.1. The number of nitrogens with one attached hydrogen (secondary N) is 2. The van der Waals surface area contributed by atoms with Gasteiger partial charge < -0.3 is 15.7 Å². The average molecular weight is 298 g/mol. The zero-order valence-electron chi connectivity index (χ0n) is 12.7. The lowest BCUT2D eigenvalue weighted by Gasteiger charge is -2.23. The van der Waals surface area contributed by atoms with Gasteiger partial charge in [-0.1, -0.05) is 26.8 Å². The van der Waals surface area contributed by atoms with Gasteiger partial charge in [-0.25, -0.2) is 4.79 Å². The zero-order valence-corrected chi connectivity index (χ0v) is 13.5. The molecule has 0 aliphatic carbocycles. The summed E-state index contributed by atoms with van der Waals surface area (Å²) < 4.78 is 0. The van der Waals surface area contributed by atoms with Crippen LogP contribution in [0.15, 0.2) is 17.5 Å². The van der Waals surface area contributed by atoms with Crippen molar-refractivity contribution in [3.63, 3.8) is 0 Å². The van der Waals surface area contributed by atoms with Crippen LogP contribution in [0, 0.1) is 11.8 Å². The van der Waals surface area contributed by atoms with Crippen molar-refractivity contribution in [1.29, 1.82) is 0 Å². The van der Waals surface area contributed by atoms with Gasteiger partial charge in [0, 0.05) is 17.5 Å². The number of hydrogen-bond donors (Lipinski definition) is 3. The number of aliphatic hydroxyl groups excluding tert-OH is 1. The molecule has 3 unspecified atom stereocenters. The third-order valence-corrected chi connectivity index (χ3v) is 4.39. The quantitative estimate of drug-likeness (QED) is 0.724. The van der Waals surface area contributed by atoms with Gasteiger partial charge in [0.15, 0.2) is 0 Å². The largest absolute Gasteiger partial charge is 0.396 e. The molecule has 0 aliphatic heterocycles. The minimum Gasteiger partial charge on any atom is -0.396 e. The number of aliphatic hydroxyl groups is 1. The van der Waals surface area contributed by atoms with Gasteiger partial charge in [0.1, 0.15) is 0 Å². The maximum absolute atomic E-state index is 12.1. The second kappa shape index (κ2) is 8.27. The first kappa shape index (κ1) is 17.0. The zero-order chi connectivity index (χ0) is 15.1. The third kappa shape index (κ3) is 5.51. The Morgan fingerprint density at radius 3 is 2.50 bits per heavy atom. The summed E-state index contributed by atoms with van der Waals surface area (Å²) in [5, 5.41) is 17.1. The Bertz CT molecular complexity index is 393. The van der Waals surface area contributed by atoms with E-state index >= 15 is 0 Å². The standard InChI is InChI=1S/C15H26N2O2S/c1-10(2)8-13(14-6-5-7-20-14)17-15(19)16-12(4)11(3)9-18/h5-7,10-13,18H,8-9H2,1-4H3,(H2,16,17,19). The predicted octanol–water partition coefficient (Wildman–Crippen LogP) is 3.15. The number of thiophene rings is 1. The van der Waals surface area contributed by atoms with Crippen molar-refractivity contribution in [1.82, 2.24) is 10.6 Å². The number of hydrogen-bond acceptors (Lipinski definition) is 3. The summed E-state index contributed by atoms with van der Waals surface area (Å²) in [6.07, 6.45) is 0.915. The second-order valence-electron chi connectivity index (χ2n) is 5.76. The highest BCUT2D eigenvalue weighted by molar-refractivity contribution is 7.10. The normalized spacial score (nSPS) is 15.7. The summed E-state index contributed by atoms with van der Waals surface area (Å²) in [7, 11) is 0. The molecular weight excluding hydrogens is 272 g/mol. The Labute approximate surface area is 125 Å². The molecule has 1 aromatic heterocycles. The first-order chi connectivity index (χ1) is 9.43. The molecule has 5 heteroatoms. The van der Waals surface area contributed by atoms with Crippen molar-refractivity contribution >= 4 is 17.4 Å². The van der Waals surface area contributed by atoms with Crippen LogP contribution in [0.2, 0.25) is 0 Å². The molecule has 1 rings (SSSR count). The lowest BCUT2D eigenvalue weighted by atomic mass is 10.0. The molecule has 2 amide bonds. The average Bonchev–Trinajstić information content (AvgIpc) is 2.90. The first-order valence-corrected chi connectivity index (χ1v) is 8.03. The molecule has 114 valence electrons. The summed E-state index contributed by atoms with van der Waals surface area (Å²) in [4.78, 5) is 13.2. The van der Waals surface area contributed by atoms with E-state index in [9.17, 15) is 4.79 Å². The van der Waals surface area contributed by atoms with Gasteiger partial charge in [0.25, 0.3) is 0 Å². The van der Waals surface area contributed by atoms with Crippen molar-refractivity contribution in [2.24, 2.45) is 11.8 Å². The Balaban J connectivity index is 2.59. The SMILES string of the molecule is CC(C)CC(NC(=O)NC(C)C(C)CO)c1cccs1. The van der Waals surface area contributed by atoms with E-state index in [1.165, 1.54) is 4.88 Å². The molecule has 4 nitrogen and oxygen atoms in total. The summed E-state index contributed by atoms with van der Waals surface area (Å²) in [5.41, 5.74) is 0. The smallest absolute Gasteiger partial charge is 0.315 e. The molecule has 0 spiro atoms. The number of carbonyl (C=O) groups excluding carboxylic acids is 1. The molecule has 0 aliphatic rings. The first-order valence-electron chi connectivity index (χ1n) is 7.15. The maximum atomic E-state index is 12.1. The van der Waals surface area contributed by atoms with Crippen LogP contribution < -0.4 is 10.6 Å². The molecule has 0 saturated heterocycles. The van der Waals surface area contributed by atoms with Crippen LogP contribution in [0.4, 0.5) is 4.79 Å². The fraction of sp³-hybridized carbons (Fsp3) is 0.667. The van der Waals surface area contributed by atoms with Crippen molar-refractivity contribution in [3.05, 3.63) is 22.4 Å². The van der Waals surface area contributed by atoms with Gasteiger partial charge in [-0.15, -0.1) is 11.3 Å². The molecule has 1 aromatic rings. The molecule has 3 N–H and O–H groups in total. The monoisotopic (exact) mass is 298 g/mol. The topological polar surface area (TPSA) is 61.4 Å². The van der Waals surface area contributed by atoms with E-state index in [0.29, 0.717) is 5.92 Å². The highest BCUT2D eigenvalue weighted by Gasteiger charge is 2.19. The fourth-order valence-corrected chi connectivity index (χ4v) is 2.71. The van der Waals surface area contributed by atoms with Gasteiger partial charge >= 0.3 is 6.03 Å². The van der Waals surface area contributed by atoms with Crippen LogP contribution in [-0.4, -0.2) is 23.8 Å². The van der Waals surface area contributed by atoms with E-state index in [1.807, 2.05) is 25.3 Å². The van der Waals surface area contributed by atoms with Gasteiger partial charge in [-0.2, -0.15) is 0 Å². The van der Waals surface area contributed by atoms with E-state index < -0.39 is 0 Å². The molecule has 0 bridgehead atoms. The van der Waals surface area contributed by atoms with Crippen LogP contribution in [0.3, 0.4) is 0 Å². The number of rotatable bonds is 7. The molecule has 0 radical (unpaired) electrons. The number of urea groups is 1. The third-order valence-electron chi connectivity index (χ3n) is 3.40. The van der Waals surface area contributed by atoms with Crippen LogP contribution in [-0.2, 0) is 0 Å². The Morgan fingerprint density at radius 2 is 2.00 bits per heavy atom. The van der Waals surface area contributed by atoms with Crippen LogP contribution in [0.1, 0.15) is 45.0 Å². The predicted molar refractivity (Wildman–Crippen MR) is 83.9 cm³/mol. The number of carbonyl (C=O) groups is 1. The molecular formula is C15H26N2O2S. The Hall–Kier alpha value is -1.07.